The van der Waals surface area contributed by atoms with Crippen LogP contribution in [0.25, 0.3) is 0 Å². The molecule has 0 radical (unpaired) electrons. The van der Waals surface area contributed by atoms with Crippen LogP contribution in [0.4, 0.5) is 5.69 Å². The molecule has 1 N–H and O–H groups in total. The zero-order valence-corrected chi connectivity index (χ0v) is 8.63. The Balaban J connectivity index is 3.50. The summed E-state index contributed by atoms with van der Waals surface area (Å²) < 4.78 is 30.2. The van der Waals surface area contributed by atoms with Crippen molar-refractivity contribution in [3.8, 4) is 0 Å². The number of halogens is 1. The molecule has 14 heavy (non-hydrogen) atoms. The predicted octanol–water partition coefficient (Wildman–Crippen LogP) is 2.29. The average Bonchev–Trinajstić information content (AvgIpc) is 2.01. The Morgan fingerprint density at radius 1 is 1.43 bits per heavy atom. The van der Waals surface area contributed by atoms with E-state index >= 15 is 0 Å². The lowest BCUT2D eigenvalue weighted by Gasteiger charge is -2.02. The molecule has 0 fully saturated rings. The molecule has 5 nitrogen and oxygen atoms in total. The first-order chi connectivity index (χ1) is 6.36. The second kappa shape index (κ2) is 3.64. The van der Waals surface area contributed by atoms with E-state index < -0.39 is 10.1 Å². The third-order valence-electron chi connectivity index (χ3n) is 1.62. The van der Waals surface area contributed by atoms with Crippen molar-refractivity contribution in [3.05, 3.63) is 27.6 Å². The SMILES string of the molecule is Cc1cc(S(=O)(=O)O)cc(Cl)c1N=O. The normalized spacial score (nSPS) is 11.4. The van der Waals surface area contributed by atoms with Crippen LogP contribution >= 0.6 is 11.6 Å². The summed E-state index contributed by atoms with van der Waals surface area (Å²) in [4.78, 5) is 9.91. The molecule has 0 atom stereocenters. The van der Waals surface area contributed by atoms with Gasteiger partial charge < -0.3 is 0 Å². The molecule has 0 aromatic heterocycles. The molecule has 0 heterocycles. The van der Waals surface area contributed by atoms with Crippen molar-refractivity contribution in [2.75, 3.05) is 0 Å². The average molecular weight is 236 g/mol. The Kier molecular flexibility index (Phi) is 2.89. The summed E-state index contributed by atoms with van der Waals surface area (Å²) in [6.07, 6.45) is 0. The minimum absolute atomic E-state index is 0.0286. The molecule has 0 saturated heterocycles. The fourth-order valence-electron chi connectivity index (χ4n) is 0.970. The Hall–Kier alpha value is -0.980. The van der Waals surface area contributed by atoms with E-state index in [2.05, 4.69) is 5.18 Å². The molecule has 76 valence electrons. The zero-order chi connectivity index (χ0) is 10.9. The van der Waals surface area contributed by atoms with Crippen molar-refractivity contribution >= 4 is 27.4 Å². The highest BCUT2D eigenvalue weighted by atomic mass is 35.5. The largest absolute Gasteiger partial charge is 0.294 e. The Labute approximate surface area is 85.4 Å². The van der Waals surface area contributed by atoms with Crippen LogP contribution in [-0.2, 0) is 10.1 Å². The maximum Gasteiger partial charge on any atom is 0.294 e. The summed E-state index contributed by atoms with van der Waals surface area (Å²) in [6.45, 7) is 1.47. The van der Waals surface area contributed by atoms with Gasteiger partial charge in [-0.05, 0) is 29.8 Å². The van der Waals surface area contributed by atoms with Gasteiger partial charge in [-0.2, -0.15) is 8.42 Å². The van der Waals surface area contributed by atoms with Gasteiger partial charge >= 0.3 is 0 Å². The number of nitroso groups, excluding NO2 is 1. The second-order valence-corrected chi connectivity index (χ2v) is 4.47. The Morgan fingerprint density at radius 2 is 2.00 bits per heavy atom. The van der Waals surface area contributed by atoms with Crippen molar-refractivity contribution in [3.63, 3.8) is 0 Å². The van der Waals surface area contributed by atoms with Crippen LogP contribution in [0.2, 0.25) is 5.02 Å². The number of nitrogens with zero attached hydrogens (tertiary/aromatic N) is 1. The van der Waals surface area contributed by atoms with Crippen molar-refractivity contribution in [1.29, 1.82) is 0 Å². The van der Waals surface area contributed by atoms with Gasteiger partial charge in [0, 0.05) is 0 Å². The van der Waals surface area contributed by atoms with Crippen molar-refractivity contribution in [2.24, 2.45) is 5.18 Å². The molecule has 1 rings (SSSR count). The third kappa shape index (κ3) is 2.09. The predicted molar refractivity (Wildman–Crippen MR) is 51.5 cm³/mol. The minimum atomic E-state index is -4.30. The van der Waals surface area contributed by atoms with Gasteiger partial charge in [-0.3, -0.25) is 4.55 Å². The van der Waals surface area contributed by atoms with Crippen molar-refractivity contribution in [2.45, 2.75) is 11.8 Å². The van der Waals surface area contributed by atoms with Crippen LogP contribution in [0.15, 0.2) is 22.2 Å². The molecule has 7 heteroatoms. The topological polar surface area (TPSA) is 83.8 Å². The maximum absolute atomic E-state index is 10.7. The van der Waals surface area contributed by atoms with Crippen molar-refractivity contribution in [1.82, 2.24) is 0 Å². The van der Waals surface area contributed by atoms with Crippen LogP contribution in [0.3, 0.4) is 0 Å². The van der Waals surface area contributed by atoms with E-state index in [0.717, 1.165) is 12.1 Å². The molecular weight excluding hydrogens is 230 g/mol. The van der Waals surface area contributed by atoms with Gasteiger partial charge in [0.05, 0.1) is 9.92 Å². The highest BCUT2D eigenvalue weighted by Gasteiger charge is 2.14. The molecular formula is C7H6ClNO4S. The summed E-state index contributed by atoms with van der Waals surface area (Å²) in [6, 6.07) is 2.10. The van der Waals surface area contributed by atoms with Crippen LogP contribution in [0, 0.1) is 11.8 Å². The molecule has 0 aliphatic rings. The van der Waals surface area contributed by atoms with Gasteiger partial charge in [0.2, 0.25) is 0 Å². The fraction of sp³-hybridized carbons (Fsp3) is 0.143. The van der Waals surface area contributed by atoms with E-state index in [1.807, 2.05) is 0 Å². The lowest BCUT2D eigenvalue weighted by Crippen LogP contribution is -1.98. The molecule has 0 amide bonds. The number of hydrogen-bond donors (Lipinski definition) is 1. The number of aryl methyl sites for hydroxylation is 1. The molecule has 0 unspecified atom stereocenters. The van der Waals surface area contributed by atoms with Gasteiger partial charge in [-0.25, -0.2) is 0 Å². The molecule has 0 bridgehead atoms. The third-order valence-corrected chi connectivity index (χ3v) is 2.74. The molecule has 1 aromatic rings. The van der Waals surface area contributed by atoms with Crippen LogP contribution < -0.4 is 0 Å². The van der Waals surface area contributed by atoms with Crippen molar-refractivity contribution < 1.29 is 13.0 Å². The Morgan fingerprint density at radius 3 is 2.36 bits per heavy atom. The van der Waals surface area contributed by atoms with Gasteiger partial charge in [0.15, 0.2) is 0 Å². The highest BCUT2D eigenvalue weighted by molar-refractivity contribution is 7.85. The standard InChI is InChI=1S/C7H6ClNO4S/c1-4-2-5(14(11,12)13)3-6(8)7(4)9-10/h2-3H,1H3,(H,11,12,13). The van der Waals surface area contributed by atoms with E-state index in [1.165, 1.54) is 6.92 Å². The first kappa shape index (κ1) is 11.1. The Bertz CT molecular complexity index is 459. The maximum atomic E-state index is 10.7. The lowest BCUT2D eigenvalue weighted by atomic mass is 10.2. The summed E-state index contributed by atoms with van der Waals surface area (Å²) in [7, 11) is -4.30. The lowest BCUT2D eigenvalue weighted by molar-refractivity contribution is 0.483. The van der Waals surface area contributed by atoms with Crippen LogP contribution in [0.5, 0.6) is 0 Å². The molecule has 0 spiro atoms. The minimum Gasteiger partial charge on any atom is -0.282 e. The molecule has 0 aliphatic heterocycles. The number of hydrogen-bond acceptors (Lipinski definition) is 4. The summed E-state index contributed by atoms with van der Waals surface area (Å²) >= 11 is 5.57. The molecule has 1 aromatic carbocycles. The number of rotatable bonds is 2. The molecule has 0 aliphatic carbocycles. The van der Waals surface area contributed by atoms with E-state index in [-0.39, 0.29) is 15.6 Å². The van der Waals surface area contributed by atoms with Crippen LogP contribution in [-0.4, -0.2) is 13.0 Å². The smallest absolute Gasteiger partial charge is 0.282 e. The van der Waals surface area contributed by atoms with Gasteiger partial charge in [-0.15, -0.1) is 4.91 Å². The van der Waals surface area contributed by atoms with E-state index in [4.69, 9.17) is 16.2 Å². The van der Waals surface area contributed by atoms with E-state index in [0.29, 0.717) is 5.56 Å². The van der Waals surface area contributed by atoms with Gasteiger partial charge in [-0.1, -0.05) is 11.6 Å². The monoisotopic (exact) mass is 235 g/mol. The van der Waals surface area contributed by atoms with Gasteiger partial charge in [0.25, 0.3) is 10.1 Å². The highest BCUT2D eigenvalue weighted by Crippen LogP contribution is 2.31. The fourth-order valence-corrected chi connectivity index (χ4v) is 1.93. The van der Waals surface area contributed by atoms with Crippen LogP contribution in [0.1, 0.15) is 5.56 Å². The molecule has 0 saturated carbocycles. The quantitative estimate of drug-likeness (QED) is 0.630. The van der Waals surface area contributed by atoms with E-state index in [1.54, 1.807) is 0 Å². The second-order valence-electron chi connectivity index (χ2n) is 2.64. The number of benzene rings is 1. The first-order valence-electron chi connectivity index (χ1n) is 3.47. The first-order valence-corrected chi connectivity index (χ1v) is 5.29. The summed E-state index contributed by atoms with van der Waals surface area (Å²) in [5.41, 5.74) is 0.263. The van der Waals surface area contributed by atoms with E-state index in [9.17, 15) is 13.3 Å². The van der Waals surface area contributed by atoms with Gasteiger partial charge in [0.1, 0.15) is 5.69 Å². The summed E-state index contributed by atoms with van der Waals surface area (Å²) in [5, 5.41) is 2.53. The summed E-state index contributed by atoms with van der Waals surface area (Å²) in [5.74, 6) is 0. The zero-order valence-electron chi connectivity index (χ0n) is 7.06.